The van der Waals surface area contributed by atoms with E-state index in [4.69, 9.17) is 9.47 Å². The molecule has 0 spiro atoms. The molecular weight excluding hydrogens is 292 g/mol. The Bertz CT molecular complexity index is 808. The number of hydrogen-bond acceptors (Lipinski definition) is 4. The SMILES string of the molecule is COc1c(CC#N)c(N2CCCC2=O)c(OC)c2ccccc12. The predicted molar refractivity (Wildman–Crippen MR) is 88.0 cm³/mol. The summed E-state index contributed by atoms with van der Waals surface area (Å²) < 4.78 is 11.2. The quantitative estimate of drug-likeness (QED) is 0.870. The molecule has 2 aromatic rings. The van der Waals surface area contributed by atoms with Gasteiger partial charge in [-0.1, -0.05) is 24.3 Å². The number of nitrogens with zero attached hydrogens (tertiary/aromatic N) is 2. The molecular formula is C18H18N2O3. The fourth-order valence-corrected chi connectivity index (χ4v) is 3.27. The number of carbonyl (C=O) groups is 1. The van der Waals surface area contributed by atoms with Gasteiger partial charge in [0, 0.05) is 29.3 Å². The molecule has 2 aromatic carbocycles. The van der Waals surface area contributed by atoms with Gasteiger partial charge in [-0.25, -0.2) is 0 Å². The number of fused-ring (bicyclic) bond motifs is 1. The number of benzene rings is 2. The van der Waals surface area contributed by atoms with Gasteiger partial charge in [-0.3, -0.25) is 4.79 Å². The van der Waals surface area contributed by atoms with Crippen LogP contribution in [0.15, 0.2) is 24.3 Å². The van der Waals surface area contributed by atoms with Gasteiger partial charge in [0.1, 0.15) is 5.75 Å². The Morgan fingerprint density at radius 3 is 2.35 bits per heavy atom. The van der Waals surface area contributed by atoms with Crippen molar-refractivity contribution >= 4 is 22.4 Å². The number of amides is 1. The smallest absolute Gasteiger partial charge is 0.227 e. The standard InChI is InChI=1S/C18H18N2O3/c1-22-17-12-6-3-4-7-13(12)18(23-2)16(14(17)9-10-19)20-11-5-8-15(20)21/h3-4,6-7H,5,8-9,11H2,1-2H3. The second kappa shape index (κ2) is 6.17. The average Bonchev–Trinajstić information content (AvgIpc) is 2.99. The van der Waals surface area contributed by atoms with Crippen molar-refractivity contribution in [1.82, 2.24) is 0 Å². The zero-order valence-electron chi connectivity index (χ0n) is 13.3. The maximum absolute atomic E-state index is 12.3. The zero-order valence-corrected chi connectivity index (χ0v) is 13.3. The number of rotatable bonds is 4. The monoisotopic (exact) mass is 310 g/mol. The van der Waals surface area contributed by atoms with Crippen molar-refractivity contribution in [3.63, 3.8) is 0 Å². The van der Waals surface area contributed by atoms with E-state index in [0.717, 1.165) is 17.2 Å². The number of ether oxygens (including phenoxy) is 2. The molecule has 1 aliphatic heterocycles. The Morgan fingerprint density at radius 2 is 1.83 bits per heavy atom. The summed E-state index contributed by atoms with van der Waals surface area (Å²) in [4.78, 5) is 14.0. The van der Waals surface area contributed by atoms with E-state index >= 15 is 0 Å². The van der Waals surface area contributed by atoms with Crippen LogP contribution in [0.2, 0.25) is 0 Å². The number of hydrogen-bond donors (Lipinski definition) is 0. The van der Waals surface area contributed by atoms with Crippen LogP contribution in [0.25, 0.3) is 10.8 Å². The molecule has 0 saturated carbocycles. The Kier molecular flexibility index (Phi) is 4.07. The van der Waals surface area contributed by atoms with Gasteiger partial charge >= 0.3 is 0 Å². The first-order valence-electron chi connectivity index (χ1n) is 7.55. The van der Waals surface area contributed by atoms with Gasteiger partial charge in [-0.2, -0.15) is 5.26 Å². The first-order chi connectivity index (χ1) is 11.2. The summed E-state index contributed by atoms with van der Waals surface area (Å²) in [7, 11) is 3.18. The molecule has 1 amide bonds. The van der Waals surface area contributed by atoms with Crippen LogP contribution >= 0.6 is 0 Å². The number of methoxy groups -OCH3 is 2. The van der Waals surface area contributed by atoms with E-state index in [-0.39, 0.29) is 12.3 Å². The van der Waals surface area contributed by atoms with Crippen LogP contribution in [-0.2, 0) is 11.2 Å². The predicted octanol–water partition coefficient (Wildman–Crippen LogP) is 3.05. The fraction of sp³-hybridized carbons (Fsp3) is 0.333. The Labute approximate surface area is 135 Å². The molecule has 1 aliphatic rings. The van der Waals surface area contributed by atoms with Crippen molar-refractivity contribution < 1.29 is 14.3 Å². The highest BCUT2D eigenvalue weighted by Gasteiger charge is 2.30. The second-order valence-corrected chi connectivity index (χ2v) is 5.42. The van der Waals surface area contributed by atoms with Crippen LogP contribution in [0.3, 0.4) is 0 Å². The molecule has 23 heavy (non-hydrogen) atoms. The molecule has 0 atom stereocenters. The second-order valence-electron chi connectivity index (χ2n) is 5.42. The molecule has 0 bridgehead atoms. The summed E-state index contributed by atoms with van der Waals surface area (Å²) in [6, 6.07) is 9.90. The Morgan fingerprint density at radius 1 is 1.17 bits per heavy atom. The molecule has 0 aliphatic carbocycles. The van der Waals surface area contributed by atoms with Crippen molar-refractivity contribution in [3.8, 4) is 17.6 Å². The maximum Gasteiger partial charge on any atom is 0.227 e. The highest BCUT2D eigenvalue weighted by Crippen LogP contribution is 2.47. The molecule has 118 valence electrons. The molecule has 1 heterocycles. The molecule has 1 fully saturated rings. The lowest BCUT2D eigenvalue weighted by Crippen LogP contribution is -2.26. The number of anilines is 1. The molecule has 5 heteroatoms. The lowest BCUT2D eigenvalue weighted by Gasteiger charge is -2.25. The van der Waals surface area contributed by atoms with Gasteiger partial charge in [-0.05, 0) is 6.42 Å². The van der Waals surface area contributed by atoms with Gasteiger partial charge in [0.25, 0.3) is 0 Å². The number of carbonyl (C=O) groups excluding carboxylic acids is 1. The minimum Gasteiger partial charge on any atom is -0.496 e. The fourth-order valence-electron chi connectivity index (χ4n) is 3.27. The minimum atomic E-state index is 0.0554. The van der Waals surface area contributed by atoms with Crippen molar-refractivity contribution in [2.45, 2.75) is 19.3 Å². The van der Waals surface area contributed by atoms with Crippen molar-refractivity contribution in [2.75, 3.05) is 25.7 Å². The third kappa shape index (κ3) is 2.36. The van der Waals surface area contributed by atoms with E-state index in [1.54, 1.807) is 19.1 Å². The maximum atomic E-state index is 12.3. The third-order valence-electron chi connectivity index (χ3n) is 4.20. The summed E-state index contributed by atoms with van der Waals surface area (Å²) in [5.41, 5.74) is 1.38. The van der Waals surface area contributed by atoms with Gasteiger partial charge < -0.3 is 14.4 Å². The average molecular weight is 310 g/mol. The van der Waals surface area contributed by atoms with Crippen LogP contribution in [0, 0.1) is 11.3 Å². The van der Waals surface area contributed by atoms with E-state index in [0.29, 0.717) is 35.7 Å². The van der Waals surface area contributed by atoms with Crippen LogP contribution in [0.5, 0.6) is 11.5 Å². The van der Waals surface area contributed by atoms with E-state index in [2.05, 4.69) is 6.07 Å². The van der Waals surface area contributed by atoms with Crippen LogP contribution in [-0.4, -0.2) is 26.7 Å². The third-order valence-corrected chi connectivity index (χ3v) is 4.20. The highest BCUT2D eigenvalue weighted by molar-refractivity contribution is 6.06. The lowest BCUT2D eigenvalue weighted by molar-refractivity contribution is -0.117. The summed E-state index contributed by atoms with van der Waals surface area (Å²) >= 11 is 0. The molecule has 0 radical (unpaired) electrons. The molecule has 3 rings (SSSR count). The van der Waals surface area contributed by atoms with Crippen molar-refractivity contribution in [1.29, 1.82) is 5.26 Å². The van der Waals surface area contributed by atoms with Crippen molar-refractivity contribution in [2.24, 2.45) is 0 Å². The number of nitriles is 1. The molecule has 5 nitrogen and oxygen atoms in total. The van der Waals surface area contributed by atoms with Crippen molar-refractivity contribution in [3.05, 3.63) is 29.8 Å². The van der Waals surface area contributed by atoms with Crippen LogP contribution in [0.1, 0.15) is 18.4 Å². The van der Waals surface area contributed by atoms with E-state index < -0.39 is 0 Å². The molecule has 0 N–H and O–H groups in total. The van der Waals surface area contributed by atoms with Crippen LogP contribution in [0.4, 0.5) is 5.69 Å². The summed E-state index contributed by atoms with van der Waals surface area (Å²) in [5, 5.41) is 11.0. The molecule has 1 saturated heterocycles. The zero-order chi connectivity index (χ0) is 16.4. The topological polar surface area (TPSA) is 62.6 Å². The van der Waals surface area contributed by atoms with Gasteiger partial charge in [0.05, 0.1) is 32.4 Å². The largest absolute Gasteiger partial charge is 0.496 e. The highest BCUT2D eigenvalue weighted by atomic mass is 16.5. The van der Waals surface area contributed by atoms with Gasteiger partial charge in [0.2, 0.25) is 5.91 Å². The lowest BCUT2D eigenvalue weighted by atomic mass is 9.99. The van der Waals surface area contributed by atoms with Crippen LogP contribution < -0.4 is 14.4 Å². The Balaban J connectivity index is 2.41. The summed E-state index contributed by atoms with van der Waals surface area (Å²) in [5.74, 6) is 1.32. The molecule has 0 aromatic heterocycles. The van der Waals surface area contributed by atoms with Gasteiger partial charge in [0.15, 0.2) is 5.75 Å². The summed E-state index contributed by atoms with van der Waals surface area (Å²) in [6.07, 6.45) is 1.48. The van der Waals surface area contributed by atoms with Gasteiger partial charge in [-0.15, -0.1) is 0 Å². The first-order valence-corrected chi connectivity index (χ1v) is 7.55. The van der Waals surface area contributed by atoms with E-state index in [1.165, 1.54) is 0 Å². The van der Waals surface area contributed by atoms with E-state index in [1.807, 2.05) is 24.3 Å². The van der Waals surface area contributed by atoms with E-state index in [9.17, 15) is 10.1 Å². The molecule has 0 unspecified atom stereocenters. The Hall–Kier alpha value is -2.74. The summed E-state index contributed by atoms with van der Waals surface area (Å²) in [6.45, 7) is 0.634. The minimum absolute atomic E-state index is 0.0554. The first kappa shape index (κ1) is 15.2. The normalized spacial score (nSPS) is 14.1.